The highest BCUT2D eigenvalue weighted by Gasteiger charge is 2.20. The third-order valence-corrected chi connectivity index (χ3v) is 6.38. The summed E-state index contributed by atoms with van der Waals surface area (Å²) in [5.74, 6) is -0.229. The molecule has 1 aromatic carbocycles. The van der Waals surface area contributed by atoms with Crippen LogP contribution in [0.2, 0.25) is 0 Å². The molecule has 2 aromatic rings. The summed E-state index contributed by atoms with van der Waals surface area (Å²) in [5.41, 5.74) is 1.31. The Kier molecular flexibility index (Phi) is 7.02. The van der Waals surface area contributed by atoms with Gasteiger partial charge in [-0.15, -0.1) is 11.3 Å². The first-order valence-corrected chi connectivity index (χ1v) is 11.7. The van der Waals surface area contributed by atoms with Crippen molar-refractivity contribution < 1.29 is 18.0 Å². The smallest absolute Gasteiger partial charge is 0.323 e. The molecule has 1 aromatic heterocycles. The van der Waals surface area contributed by atoms with Crippen molar-refractivity contribution in [3.8, 4) is 0 Å². The number of urea groups is 1. The third kappa shape index (κ3) is 6.23. The van der Waals surface area contributed by atoms with Crippen LogP contribution in [0, 0.1) is 0 Å². The second kappa shape index (κ2) is 9.51. The van der Waals surface area contributed by atoms with Crippen molar-refractivity contribution in [2.45, 2.75) is 17.9 Å². The second-order valence-electron chi connectivity index (χ2n) is 7.01. The van der Waals surface area contributed by atoms with Crippen LogP contribution in [-0.4, -0.2) is 68.4 Å². The zero-order valence-corrected chi connectivity index (χ0v) is 18.1. The lowest BCUT2D eigenvalue weighted by molar-refractivity contribution is -0.120. The summed E-state index contributed by atoms with van der Waals surface area (Å²) in [6.07, 6.45) is 0.0795. The van der Waals surface area contributed by atoms with Crippen molar-refractivity contribution in [3.63, 3.8) is 0 Å². The molecule has 3 amide bonds. The average Bonchev–Trinajstić information content (AvgIpc) is 3.13. The molecule has 162 valence electrons. The number of rotatable bonds is 6. The quantitative estimate of drug-likeness (QED) is 0.581. The van der Waals surface area contributed by atoms with Crippen molar-refractivity contribution in [1.82, 2.24) is 20.1 Å². The number of nitrogens with two attached hydrogens (primary N) is 1. The number of primary sulfonamides is 1. The Labute approximate surface area is 179 Å². The van der Waals surface area contributed by atoms with E-state index in [1.807, 2.05) is 7.05 Å². The molecule has 2 heterocycles. The molecular formula is C18H24N6O4S2. The number of hydrogen-bond acceptors (Lipinski definition) is 7. The van der Waals surface area contributed by atoms with Gasteiger partial charge in [0.1, 0.15) is 0 Å². The van der Waals surface area contributed by atoms with E-state index in [9.17, 15) is 18.0 Å². The molecule has 4 N–H and O–H groups in total. The third-order valence-electron chi connectivity index (χ3n) is 4.64. The summed E-state index contributed by atoms with van der Waals surface area (Å²) in [7, 11) is -1.72. The Morgan fingerprint density at radius 3 is 2.47 bits per heavy atom. The van der Waals surface area contributed by atoms with Gasteiger partial charge in [0, 0.05) is 38.1 Å². The molecule has 1 aliphatic heterocycles. The zero-order valence-electron chi connectivity index (χ0n) is 16.5. The lowest BCUT2D eigenvalue weighted by Crippen LogP contribution is -2.48. The molecule has 0 radical (unpaired) electrons. The van der Waals surface area contributed by atoms with Gasteiger partial charge in [0.25, 0.3) is 0 Å². The number of hydrogen-bond donors (Lipinski definition) is 3. The Balaban J connectivity index is 1.46. The van der Waals surface area contributed by atoms with E-state index in [0.717, 1.165) is 18.7 Å². The molecule has 3 rings (SSSR count). The van der Waals surface area contributed by atoms with E-state index in [1.54, 1.807) is 22.4 Å². The largest absolute Gasteiger partial charge is 0.352 e. The van der Waals surface area contributed by atoms with E-state index in [0.29, 0.717) is 23.9 Å². The van der Waals surface area contributed by atoms with Gasteiger partial charge in [-0.05, 0) is 24.7 Å². The number of nitrogens with one attached hydrogen (secondary N) is 2. The Morgan fingerprint density at radius 1 is 1.17 bits per heavy atom. The van der Waals surface area contributed by atoms with E-state index >= 15 is 0 Å². The van der Waals surface area contributed by atoms with E-state index in [-0.39, 0.29) is 29.8 Å². The van der Waals surface area contributed by atoms with E-state index in [2.05, 4.69) is 20.5 Å². The van der Waals surface area contributed by atoms with Crippen molar-refractivity contribution in [3.05, 3.63) is 40.9 Å². The van der Waals surface area contributed by atoms with Crippen LogP contribution in [-0.2, 0) is 27.8 Å². The number of amides is 3. The summed E-state index contributed by atoms with van der Waals surface area (Å²) in [4.78, 5) is 32.7. The summed E-state index contributed by atoms with van der Waals surface area (Å²) >= 11 is 1.27. The molecule has 0 aliphatic carbocycles. The number of benzene rings is 1. The Morgan fingerprint density at radius 2 is 1.83 bits per heavy atom. The molecule has 30 heavy (non-hydrogen) atoms. The van der Waals surface area contributed by atoms with Crippen LogP contribution in [0.1, 0.15) is 11.3 Å². The van der Waals surface area contributed by atoms with Gasteiger partial charge >= 0.3 is 6.03 Å². The van der Waals surface area contributed by atoms with Gasteiger partial charge in [0.15, 0.2) is 5.13 Å². The van der Waals surface area contributed by atoms with Gasteiger partial charge in [0.05, 0.1) is 17.0 Å². The normalized spacial score (nSPS) is 15.1. The standard InChI is InChI=1S/C18H24N6O4S2/c1-23-6-8-24(9-7-23)18(26)22-17-21-14(12-29-17)10-16(25)20-11-13-2-4-15(5-3-13)30(19,27)28/h2-5,12H,6-11H2,1H3,(H,20,25)(H2,19,27,28)(H,21,22,26). The summed E-state index contributed by atoms with van der Waals surface area (Å²) in [6.45, 7) is 3.26. The Hall–Kier alpha value is -2.54. The minimum Gasteiger partial charge on any atom is -0.352 e. The van der Waals surface area contributed by atoms with Crippen LogP contribution >= 0.6 is 11.3 Å². The van der Waals surface area contributed by atoms with Crippen molar-refractivity contribution >= 4 is 38.4 Å². The molecule has 0 bridgehead atoms. The number of likely N-dealkylation sites (N-methyl/N-ethyl adjacent to an activating group) is 1. The maximum atomic E-state index is 12.3. The molecule has 10 nitrogen and oxygen atoms in total. The number of carbonyl (C=O) groups is 2. The summed E-state index contributed by atoms with van der Waals surface area (Å²) in [6, 6.07) is 5.79. The monoisotopic (exact) mass is 452 g/mol. The molecule has 0 saturated carbocycles. The maximum Gasteiger partial charge on any atom is 0.323 e. The van der Waals surface area contributed by atoms with Crippen molar-refractivity contribution in [1.29, 1.82) is 0 Å². The van der Waals surface area contributed by atoms with E-state index in [1.165, 1.54) is 23.5 Å². The van der Waals surface area contributed by atoms with Gasteiger partial charge in [-0.25, -0.2) is 23.3 Å². The number of carbonyl (C=O) groups excluding carboxylic acids is 2. The predicted octanol–water partition coefficient (Wildman–Crippen LogP) is 0.429. The fraction of sp³-hybridized carbons (Fsp3) is 0.389. The first kappa shape index (κ1) is 22.2. The minimum atomic E-state index is -3.74. The van der Waals surface area contributed by atoms with Gasteiger partial charge in [0.2, 0.25) is 15.9 Å². The van der Waals surface area contributed by atoms with E-state index < -0.39 is 10.0 Å². The molecule has 0 unspecified atom stereocenters. The van der Waals surface area contributed by atoms with Crippen LogP contribution in [0.3, 0.4) is 0 Å². The van der Waals surface area contributed by atoms with Crippen LogP contribution in [0.15, 0.2) is 34.5 Å². The van der Waals surface area contributed by atoms with Gasteiger partial charge in [-0.3, -0.25) is 10.1 Å². The highest BCUT2D eigenvalue weighted by Crippen LogP contribution is 2.17. The van der Waals surface area contributed by atoms with E-state index in [4.69, 9.17) is 5.14 Å². The number of aromatic nitrogens is 1. The summed E-state index contributed by atoms with van der Waals surface area (Å²) in [5, 5.41) is 12.8. The van der Waals surface area contributed by atoms with Crippen molar-refractivity contribution in [2.24, 2.45) is 5.14 Å². The van der Waals surface area contributed by atoms with Crippen LogP contribution in [0.5, 0.6) is 0 Å². The van der Waals surface area contributed by atoms with Gasteiger partial charge < -0.3 is 15.1 Å². The molecule has 1 fully saturated rings. The predicted molar refractivity (Wildman–Crippen MR) is 114 cm³/mol. The van der Waals surface area contributed by atoms with Gasteiger partial charge in [-0.1, -0.05) is 12.1 Å². The SMILES string of the molecule is CN1CCN(C(=O)Nc2nc(CC(=O)NCc3ccc(S(N)(=O)=O)cc3)cs2)CC1. The number of anilines is 1. The van der Waals surface area contributed by atoms with Crippen LogP contribution in [0.4, 0.5) is 9.93 Å². The molecule has 12 heteroatoms. The topological polar surface area (TPSA) is 138 Å². The first-order chi connectivity index (χ1) is 14.2. The number of thiazole rings is 1. The lowest BCUT2D eigenvalue weighted by atomic mass is 10.2. The second-order valence-corrected chi connectivity index (χ2v) is 9.43. The molecular weight excluding hydrogens is 428 g/mol. The fourth-order valence-corrected chi connectivity index (χ4v) is 4.07. The highest BCUT2D eigenvalue weighted by molar-refractivity contribution is 7.89. The Bertz CT molecular complexity index is 998. The number of nitrogens with zero attached hydrogens (tertiary/aromatic N) is 3. The van der Waals surface area contributed by atoms with Crippen LogP contribution < -0.4 is 15.8 Å². The number of sulfonamides is 1. The molecule has 1 aliphatic rings. The molecule has 1 saturated heterocycles. The summed E-state index contributed by atoms with van der Waals surface area (Å²) < 4.78 is 22.5. The molecule has 0 atom stereocenters. The average molecular weight is 453 g/mol. The maximum absolute atomic E-state index is 12.3. The molecule has 0 spiro atoms. The van der Waals surface area contributed by atoms with Crippen molar-refractivity contribution in [2.75, 3.05) is 38.5 Å². The number of piperazine rings is 1. The highest BCUT2D eigenvalue weighted by atomic mass is 32.2. The fourth-order valence-electron chi connectivity index (χ4n) is 2.85. The van der Waals surface area contributed by atoms with Crippen LogP contribution in [0.25, 0.3) is 0 Å². The lowest BCUT2D eigenvalue weighted by Gasteiger charge is -2.32. The minimum absolute atomic E-state index is 0.0196. The zero-order chi connectivity index (χ0) is 21.7. The van der Waals surface area contributed by atoms with Gasteiger partial charge in [-0.2, -0.15) is 0 Å². The first-order valence-electron chi connectivity index (χ1n) is 9.28.